The number of nitrogens with zero attached hydrogens (tertiary/aromatic N) is 3. The Kier molecular flexibility index (Phi) is 6.15. The third-order valence-corrected chi connectivity index (χ3v) is 5.32. The van der Waals surface area contributed by atoms with Crippen molar-refractivity contribution in [3.63, 3.8) is 0 Å². The van der Waals surface area contributed by atoms with E-state index in [0.29, 0.717) is 19.6 Å². The molecule has 0 unspecified atom stereocenters. The second kappa shape index (κ2) is 8.54. The quantitative estimate of drug-likeness (QED) is 0.876. The second-order valence-electron chi connectivity index (χ2n) is 7.20. The Morgan fingerprint density at radius 2 is 1.88 bits per heavy atom. The van der Waals surface area contributed by atoms with Crippen LogP contribution >= 0.6 is 0 Å². The molecule has 2 aliphatic heterocycles. The SMILES string of the molecule is CC1CCN(c2cccc(NC(=O)N3CCN(CCO)CC3)c2)CC1. The number of carbonyl (C=O) groups is 1. The maximum atomic E-state index is 12.5. The molecule has 2 fully saturated rings. The topological polar surface area (TPSA) is 59.1 Å². The molecule has 2 heterocycles. The van der Waals surface area contributed by atoms with Crippen molar-refractivity contribution in [2.24, 2.45) is 5.92 Å². The van der Waals surface area contributed by atoms with Crippen LogP contribution in [0.2, 0.25) is 0 Å². The second-order valence-corrected chi connectivity index (χ2v) is 7.20. The fraction of sp³-hybridized carbons (Fsp3) is 0.632. The van der Waals surface area contributed by atoms with Gasteiger partial charge in [0.2, 0.25) is 0 Å². The molecule has 0 aliphatic carbocycles. The molecule has 2 saturated heterocycles. The smallest absolute Gasteiger partial charge is 0.321 e. The van der Waals surface area contributed by atoms with E-state index < -0.39 is 0 Å². The number of aliphatic hydroxyl groups is 1. The van der Waals surface area contributed by atoms with Gasteiger partial charge in [-0.25, -0.2) is 4.79 Å². The average Bonchev–Trinajstić information content (AvgIpc) is 2.63. The van der Waals surface area contributed by atoms with E-state index >= 15 is 0 Å². The number of anilines is 2. The van der Waals surface area contributed by atoms with Crippen LogP contribution in [0, 0.1) is 5.92 Å². The number of aliphatic hydroxyl groups excluding tert-OH is 1. The zero-order chi connectivity index (χ0) is 17.6. The fourth-order valence-electron chi connectivity index (χ4n) is 3.57. The Balaban J connectivity index is 1.54. The lowest BCUT2D eigenvalue weighted by molar-refractivity contribution is 0.127. The summed E-state index contributed by atoms with van der Waals surface area (Å²) in [5.74, 6) is 0.809. The highest BCUT2D eigenvalue weighted by Crippen LogP contribution is 2.25. The fourth-order valence-corrected chi connectivity index (χ4v) is 3.57. The first kappa shape index (κ1) is 18.0. The molecule has 3 rings (SSSR count). The van der Waals surface area contributed by atoms with Crippen molar-refractivity contribution in [3.05, 3.63) is 24.3 Å². The highest BCUT2D eigenvalue weighted by atomic mass is 16.3. The van der Waals surface area contributed by atoms with Crippen LogP contribution in [0.1, 0.15) is 19.8 Å². The number of hydrogen-bond acceptors (Lipinski definition) is 4. The molecule has 0 atom stereocenters. The van der Waals surface area contributed by atoms with E-state index in [-0.39, 0.29) is 12.6 Å². The summed E-state index contributed by atoms with van der Waals surface area (Å²) in [5, 5.41) is 12.0. The number of hydrogen-bond donors (Lipinski definition) is 2. The number of piperazine rings is 1. The highest BCUT2D eigenvalue weighted by Gasteiger charge is 2.21. The maximum Gasteiger partial charge on any atom is 0.321 e. The van der Waals surface area contributed by atoms with Gasteiger partial charge in [-0.1, -0.05) is 13.0 Å². The predicted octanol–water partition coefficient (Wildman–Crippen LogP) is 2.06. The molecule has 25 heavy (non-hydrogen) atoms. The van der Waals surface area contributed by atoms with E-state index in [4.69, 9.17) is 5.11 Å². The van der Waals surface area contributed by atoms with Gasteiger partial charge < -0.3 is 20.2 Å². The largest absolute Gasteiger partial charge is 0.395 e. The van der Waals surface area contributed by atoms with Gasteiger partial charge in [0.15, 0.2) is 0 Å². The van der Waals surface area contributed by atoms with Crippen molar-refractivity contribution in [1.29, 1.82) is 0 Å². The minimum Gasteiger partial charge on any atom is -0.395 e. The zero-order valence-corrected chi connectivity index (χ0v) is 15.2. The van der Waals surface area contributed by atoms with Gasteiger partial charge in [-0.05, 0) is 37.0 Å². The van der Waals surface area contributed by atoms with Gasteiger partial charge in [0, 0.05) is 57.2 Å². The molecular weight excluding hydrogens is 316 g/mol. The first-order chi connectivity index (χ1) is 12.2. The normalized spacial score (nSPS) is 19.9. The summed E-state index contributed by atoms with van der Waals surface area (Å²) in [6.07, 6.45) is 2.46. The lowest BCUT2D eigenvalue weighted by Gasteiger charge is -2.34. The number of β-amino-alcohol motifs (C(OH)–C–C–N with tert-alkyl or cyclic N) is 1. The Labute approximate surface area is 150 Å². The number of piperidine rings is 1. The summed E-state index contributed by atoms with van der Waals surface area (Å²) in [7, 11) is 0. The summed E-state index contributed by atoms with van der Waals surface area (Å²) in [6.45, 7) is 8.40. The third kappa shape index (κ3) is 4.86. The van der Waals surface area contributed by atoms with Crippen LogP contribution in [-0.2, 0) is 0 Å². The molecular formula is C19H30N4O2. The average molecular weight is 346 g/mol. The molecule has 138 valence electrons. The molecule has 6 heteroatoms. The van der Waals surface area contributed by atoms with Gasteiger partial charge in [0.05, 0.1) is 6.61 Å². The van der Waals surface area contributed by atoms with E-state index in [1.54, 1.807) is 0 Å². The van der Waals surface area contributed by atoms with Gasteiger partial charge in [0.25, 0.3) is 0 Å². The monoisotopic (exact) mass is 346 g/mol. The molecule has 2 amide bonds. The number of amides is 2. The van der Waals surface area contributed by atoms with Crippen LogP contribution in [0.15, 0.2) is 24.3 Å². The van der Waals surface area contributed by atoms with Crippen LogP contribution in [0.4, 0.5) is 16.2 Å². The van der Waals surface area contributed by atoms with Crippen LogP contribution in [0.3, 0.4) is 0 Å². The molecule has 0 radical (unpaired) electrons. The van der Waals surface area contributed by atoms with Crippen molar-refractivity contribution in [1.82, 2.24) is 9.80 Å². The molecule has 2 N–H and O–H groups in total. The van der Waals surface area contributed by atoms with Gasteiger partial charge in [-0.15, -0.1) is 0 Å². The summed E-state index contributed by atoms with van der Waals surface area (Å²) >= 11 is 0. The van der Waals surface area contributed by atoms with Gasteiger partial charge >= 0.3 is 6.03 Å². The van der Waals surface area contributed by atoms with Crippen molar-refractivity contribution in [3.8, 4) is 0 Å². The van der Waals surface area contributed by atoms with Gasteiger partial charge in [0.1, 0.15) is 0 Å². The number of urea groups is 1. The van der Waals surface area contributed by atoms with Crippen LogP contribution in [0.5, 0.6) is 0 Å². The summed E-state index contributed by atoms with van der Waals surface area (Å²) in [6, 6.07) is 8.14. The van der Waals surface area contributed by atoms with E-state index in [1.165, 1.54) is 18.5 Å². The first-order valence-corrected chi connectivity index (χ1v) is 9.40. The Hall–Kier alpha value is -1.79. The molecule has 0 aromatic heterocycles. The van der Waals surface area contributed by atoms with Crippen LogP contribution in [0.25, 0.3) is 0 Å². The summed E-state index contributed by atoms with van der Waals surface area (Å²) < 4.78 is 0. The molecule has 0 bridgehead atoms. The van der Waals surface area contributed by atoms with E-state index in [9.17, 15) is 4.79 Å². The predicted molar refractivity (Wildman–Crippen MR) is 101 cm³/mol. The number of rotatable bonds is 4. The summed E-state index contributed by atoms with van der Waals surface area (Å²) in [4.78, 5) is 18.9. The lowest BCUT2D eigenvalue weighted by Crippen LogP contribution is -2.50. The number of benzene rings is 1. The molecule has 0 spiro atoms. The van der Waals surface area contributed by atoms with Crippen molar-refractivity contribution in [2.75, 3.05) is 62.6 Å². The van der Waals surface area contributed by atoms with Crippen LogP contribution in [-0.4, -0.2) is 73.4 Å². The molecule has 1 aromatic carbocycles. The molecule has 6 nitrogen and oxygen atoms in total. The Morgan fingerprint density at radius 3 is 2.56 bits per heavy atom. The number of carbonyl (C=O) groups excluding carboxylic acids is 1. The van der Waals surface area contributed by atoms with E-state index in [1.807, 2.05) is 17.0 Å². The van der Waals surface area contributed by atoms with Crippen molar-refractivity contribution < 1.29 is 9.90 Å². The van der Waals surface area contributed by atoms with Gasteiger partial charge in [-0.2, -0.15) is 0 Å². The Morgan fingerprint density at radius 1 is 1.16 bits per heavy atom. The minimum atomic E-state index is -0.0342. The molecule has 1 aromatic rings. The third-order valence-electron chi connectivity index (χ3n) is 5.32. The standard InChI is InChI=1S/C19H30N4O2/c1-16-5-7-22(8-6-16)18-4-2-3-17(15-18)20-19(25)23-11-9-21(10-12-23)13-14-24/h2-4,15-16,24H,5-14H2,1H3,(H,20,25). The van der Waals surface area contributed by atoms with E-state index in [2.05, 4.69) is 34.2 Å². The van der Waals surface area contributed by atoms with Crippen molar-refractivity contribution >= 4 is 17.4 Å². The molecule has 2 aliphatic rings. The van der Waals surface area contributed by atoms with Gasteiger partial charge in [-0.3, -0.25) is 4.90 Å². The zero-order valence-electron chi connectivity index (χ0n) is 15.2. The number of nitrogens with one attached hydrogen (secondary N) is 1. The minimum absolute atomic E-state index is 0.0342. The Bertz CT molecular complexity index is 564. The lowest BCUT2D eigenvalue weighted by atomic mass is 9.99. The highest BCUT2D eigenvalue weighted by molar-refractivity contribution is 5.90. The first-order valence-electron chi connectivity index (χ1n) is 9.40. The summed E-state index contributed by atoms with van der Waals surface area (Å²) in [5.41, 5.74) is 2.05. The maximum absolute atomic E-state index is 12.5. The van der Waals surface area contributed by atoms with Crippen LogP contribution < -0.4 is 10.2 Å². The molecule has 0 saturated carbocycles. The van der Waals surface area contributed by atoms with Crippen molar-refractivity contribution in [2.45, 2.75) is 19.8 Å². The van der Waals surface area contributed by atoms with E-state index in [0.717, 1.165) is 37.8 Å².